The molecule has 0 aliphatic heterocycles. The molecule has 0 aliphatic carbocycles. The molecule has 0 unspecified atom stereocenters. The van der Waals surface area contributed by atoms with E-state index in [0.717, 1.165) is 36.3 Å². The first-order valence-electron chi connectivity index (χ1n) is 7.54. The molecule has 4 nitrogen and oxygen atoms in total. The highest BCUT2D eigenvalue weighted by molar-refractivity contribution is 6.08. The zero-order valence-corrected chi connectivity index (χ0v) is 13.3. The van der Waals surface area contributed by atoms with Crippen molar-refractivity contribution in [3.63, 3.8) is 0 Å². The van der Waals surface area contributed by atoms with Crippen molar-refractivity contribution < 1.29 is 9.84 Å². The Morgan fingerprint density at radius 1 is 1.05 bits per heavy atom. The van der Waals surface area contributed by atoms with E-state index in [1.165, 1.54) is 10.8 Å². The number of fused-ring (bicyclic) bond motifs is 3. The van der Waals surface area contributed by atoms with Gasteiger partial charge in [0.25, 0.3) is 0 Å². The van der Waals surface area contributed by atoms with Crippen LogP contribution in [0.2, 0.25) is 0 Å². The van der Waals surface area contributed by atoms with E-state index < -0.39 is 0 Å². The molecule has 0 amide bonds. The Bertz CT molecular complexity index is 806. The summed E-state index contributed by atoms with van der Waals surface area (Å²) in [5.74, 6) is 1.16. The van der Waals surface area contributed by atoms with Crippen LogP contribution in [0.3, 0.4) is 0 Å². The number of nitrogens with zero attached hydrogens (tertiary/aromatic N) is 2. The van der Waals surface area contributed by atoms with Crippen molar-refractivity contribution in [2.24, 2.45) is 0 Å². The summed E-state index contributed by atoms with van der Waals surface area (Å²) in [6.07, 6.45) is 1.05. The van der Waals surface area contributed by atoms with E-state index in [0.29, 0.717) is 5.75 Å². The Labute approximate surface area is 130 Å². The molecule has 1 heterocycles. The number of methoxy groups -OCH3 is 1. The second kappa shape index (κ2) is 5.89. The maximum atomic E-state index is 9.85. The van der Waals surface area contributed by atoms with Crippen LogP contribution >= 0.6 is 0 Å². The lowest BCUT2D eigenvalue weighted by Crippen LogP contribution is -2.15. The summed E-state index contributed by atoms with van der Waals surface area (Å²) in [6, 6.07) is 11.7. The monoisotopic (exact) mass is 298 g/mol. The van der Waals surface area contributed by atoms with Crippen LogP contribution in [-0.2, 0) is 6.54 Å². The molecular weight excluding hydrogens is 276 g/mol. The van der Waals surface area contributed by atoms with Crippen molar-refractivity contribution in [3.05, 3.63) is 36.4 Å². The standard InChI is InChI=1S/C18H22N2O2/c1-19(2)9-4-10-20-17-11-13(21)5-7-15(17)16-8-6-14(22-3)12-18(16)20/h5-8,11-12,21H,4,9-10H2,1-3H3. The molecule has 0 spiro atoms. The lowest BCUT2D eigenvalue weighted by Gasteiger charge is -2.12. The third-order valence-corrected chi connectivity index (χ3v) is 4.05. The van der Waals surface area contributed by atoms with Crippen LogP contribution in [0.4, 0.5) is 0 Å². The first-order chi connectivity index (χ1) is 10.6. The third kappa shape index (κ3) is 2.62. The van der Waals surface area contributed by atoms with Crippen molar-refractivity contribution in [2.45, 2.75) is 13.0 Å². The number of hydrogen-bond acceptors (Lipinski definition) is 3. The van der Waals surface area contributed by atoms with Crippen LogP contribution in [0.5, 0.6) is 11.5 Å². The van der Waals surface area contributed by atoms with Gasteiger partial charge in [0.05, 0.1) is 18.1 Å². The summed E-state index contributed by atoms with van der Waals surface area (Å²) < 4.78 is 7.64. The molecule has 0 saturated carbocycles. The minimum atomic E-state index is 0.302. The van der Waals surface area contributed by atoms with Crippen LogP contribution in [0, 0.1) is 0 Å². The van der Waals surface area contributed by atoms with E-state index in [2.05, 4.69) is 35.7 Å². The summed E-state index contributed by atoms with van der Waals surface area (Å²) in [7, 11) is 5.85. The zero-order valence-electron chi connectivity index (χ0n) is 13.3. The van der Waals surface area contributed by atoms with Crippen molar-refractivity contribution in [2.75, 3.05) is 27.7 Å². The molecule has 0 saturated heterocycles. The SMILES string of the molecule is COc1ccc2c3ccc(O)cc3n(CCCN(C)C)c2c1. The van der Waals surface area contributed by atoms with Crippen LogP contribution in [0.25, 0.3) is 21.8 Å². The first-order valence-corrected chi connectivity index (χ1v) is 7.54. The van der Waals surface area contributed by atoms with Crippen LogP contribution in [0.15, 0.2) is 36.4 Å². The maximum Gasteiger partial charge on any atom is 0.120 e. The fraction of sp³-hybridized carbons (Fsp3) is 0.333. The van der Waals surface area contributed by atoms with E-state index >= 15 is 0 Å². The van der Waals surface area contributed by atoms with Crippen LogP contribution in [0.1, 0.15) is 6.42 Å². The second-order valence-corrected chi connectivity index (χ2v) is 5.89. The number of phenols is 1. The first kappa shape index (κ1) is 14.7. The molecular formula is C18H22N2O2. The highest BCUT2D eigenvalue weighted by atomic mass is 16.5. The van der Waals surface area contributed by atoms with E-state index in [9.17, 15) is 5.11 Å². The number of aromatic hydroxyl groups is 1. The molecule has 22 heavy (non-hydrogen) atoms. The molecule has 0 atom stereocenters. The molecule has 4 heteroatoms. The largest absolute Gasteiger partial charge is 0.508 e. The van der Waals surface area contributed by atoms with E-state index in [1.54, 1.807) is 13.2 Å². The van der Waals surface area contributed by atoms with Gasteiger partial charge in [0.1, 0.15) is 11.5 Å². The van der Waals surface area contributed by atoms with Crippen molar-refractivity contribution >= 4 is 21.8 Å². The summed E-state index contributed by atoms with van der Waals surface area (Å²) >= 11 is 0. The smallest absolute Gasteiger partial charge is 0.120 e. The number of ether oxygens (including phenoxy) is 1. The highest BCUT2D eigenvalue weighted by Crippen LogP contribution is 2.33. The van der Waals surface area contributed by atoms with Gasteiger partial charge in [0.15, 0.2) is 0 Å². The Kier molecular flexibility index (Phi) is 3.94. The summed E-state index contributed by atoms with van der Waals surface area (Å²) in [5.41, 5.74) is 2.22. The Morgan fingerprint density at radius 2 is 1.73 bits per heavy atom. The molecule has 1 N–H and O–H groups in total. The van der Waals surface area contributed by atoms with Crippen molar-refractivity contribution in [1.82, 2.24) is 9.47 Å². The number of benzene rings is 2. The third-order valence-electron chi connectivity index (χ3n) is 4.05. The van der Waals surface area contributed by atoms with Crippen LogP contribution < -0.4 is 4.74 Å². The predicted molar refractivity (Wildman–Crippen MR) is 90.8 cm³/mol. The van der Waals surface area contributed by atoms with Gasteiger partial charge in [-0.25, -0.2) is 0 Å². The summed E-state index contributed by atoms with van der Waals surface area (Å²) in [6.45, 7) is 1.94. The summed E-state index contributed by atoms with van der Waals surface area (Å²) in [5, 5.41) is 12.2. The van der Waals surface area contributed by atoms with Gasteiger partial charge in [-0.15, -0.1) is 0 Å². The van der Waals surface area contributed by atoms with Crippen LogP contribution in [-0.4, -0.2) is 42.3 Å². The Morgan fingerprint density at radius 3 is 2.41 bits per heavy atom. The zero-order chi connectivity index (χ0) is 15.7. The van der Waals surface area contributed by atoms with Crippen molar-refractivity contribution in [1.29, 1.82) is 0 Å². The highest BCUT2D eigenvalue weighted by Gasteiger charge is 2.12. The average molecular weight is 298 g/mol. The molecule has 0 aliphatic rings. The topological polar surface area (TPSA) is 37.6 Å². The predicted octanol–water partition coefficient (Wildman–Crippen LogP) is 3.46. The number of phenolic OH excluding ortho intramolecular Hbond substituents is 1. The number of rotatable bonds is 5. The number of hydrogen-bond donors (Lipinski definition) is 1. The Hall–Kier alpha value is -2.20. The molecule has 3 rings (SSSR count). The molecule has 1 aromatic heterocycles. The molecule has 0 bridgehead atoms. The Balaban J connectivity index is 2.16. The maximum absolute atomic E-state index is 9.85. The van der Waals surface area contributed by atoms with E-state index in [4.69, 9.17) is 4.74 Å². The minimum Gasteiger partial charge on any atom is -0.508 e. The van der Waals surface area contributed by atoms with Gasteiger partial charge in [-0.2, -0.15) is 0 Å². The quantitative estimate of drug-likeness (QED) is 0.784. The van der Waals surface area contributed by atoms with Gasteiger partial charge in [-0.1, -0.05) is 0 Å². The van der Waals surface area contributed by atoms with Gasteiger partial charge in [0, 0.05) is 29.4 Å². The fourth-order valence-electron chi connectivity index (χ4n) is 2.98. The molecule has 116 valence electrons. The van der Waals surface area contributed by atoms with Gasteiger partial charge in [-0.05, 0) is 51.3 Å². The molecule has 0 radical (unpaired) electrons. The van der Waals surface area contributed by atoms with E-state index in [1.807, 2.05) is 18.2 Å². The summed E-state index contributed by atoms with van der Waals surface area (Å²) in [4.78, 5) is 2.19. The molecule has 0 fully saturated rings. The normalized spacial score (nSPS) is 11.6. The van der Waals surface area contributed by atoms with Gasteiger partial charge in [0.2, 0.25) is 0 Å². The molecule has 2 aromatic carbocycles. The fourth-order valence-corrected chi connectivity index (χ4v) is 2.98. The van der Waals surface area contributed by atoms with E-state index in [-0.39, 0.29) is 0 Å². The van der Waals surface area contributed by atoms with Gasteiger partial charge >= 0.3 is 0 Å². The number of aromatic nitrogens is 1. The molecule has 3 aromatic rings. The van der Waals surface area contributed by atoms with Crippen molar-refractivity contribution in [3.8, 4) is 11.5 Å². The second-order valence-electron chi connectivity index (χ2n) is 5.89. The minimum absolute atomic E-state index is 0.302. The average Bonchev–Trinajstić information content (AvgIpc) is 2.79. The lowest BCUT2D eigenvalue weighted by molar-refractivity contribution is 0.389. The number of aryl methyl sites for hydroxylation is 1. The van der Waals surface area contributed by atoms with Gasteiger partial charge < -0.3 is 19.3 Å². The van der Waals surface area contributed by atoms with Gasteiger partial charge in [-0.3, -0.25) is 0 Å². The lowest BCUT2D eigenvalue weighted by atomic mass is 10.1.